The van der Waals surface area contributed by atoms with Gasteiger partial charge in [0.15, 0.2) is 0 Å². The minimum Gasteiger partial charge on any atom is -0.352 e. The summed E-state index contributed by atoms with van der Waals surface area (Å²) in [7, 11) is 0. The fourth-order valence-corrected chi connectivity index (χ4v) is 2.23. The van der Waals surface area contributed by atoms with Gasteiger partial charge in [0.05, 0.1) is 0 Å². The SMILES string of the molecule is Cc1ccc(CCCNC(=O)c2ccc(C)c(C)c2)cc1. The van der Waals surface area contributed by atoms with Crippen LogP contribution in [0, 0.1) is 20.8 Å². The molecule has 2 nitrogen and oxygen atoms in total. The zero-order valence-corrected chi connectivity index (χ0v) is 13.1. The third kappa shape index (κ3) is 4.45. The van der Waals surface area contributed by atoms with Gasteiger partial charge in [-0.15, -0.1) is 0 Å². The van der Waals surface area contributed by atoms with Gasteiger partial charge in [-0.3, -0.25) is 4.79 Å². The third-order valence-corrected chi connectivity index (χ3v) is 3.82. The zero-order valence-electron chi connectivity index (χ0n) is 13.1. The van der Waals surface area contributed by atoms with Crippen LogP contribution in [0.4, 0.5) is 0 Å². The second-order valence-electron chi connectivity index (χ2n) is 5.64. The minimum atomic E-state index is 0.0157. The highest BCUT2D eigenvalue weighted by atomic mass is 16.1. The first kappa shape index (κ1) is 15.3. The third-order valence-electron chi connectivity index (χ3n) is 3.82. The van der Waals surface area contributed by atoms with Crippen molar-refractivity contribution in [2.24, 2.45) is 0 Å². The molecule has 0 spiro atoms. The molecule has 0 bridgehead atoms. The lowest BCUT2D eigenvalue weighted by atomic mass is 10.1. The second kappa shape index (κ2) is 7.07. The van der Waals surface area contributed by atoms with Crippen LogP contribution in [-0.2, 0) is 6.42 Å². The van der Waals surface area contributed by atoms with Crippen LogP contribution >= 0.6 is 0 Å². The molecule has 0 aliphatic carbocycles. The van der Waals surface area contributed by atoms with Crippen LogP contribution in [0.3, 0.4) is 0 Å². The molecule has 0 radical (unpaired) electrons. The summed E-state index contributed by atoms with van der Waals surface area (Å²) in [6, 6.07) is 14.4. The molecule has 0 unspecified atom stereocenters. The van der Waals surface area contributed by atoms with E-state index >= 15 is 0 Å². The Morgan fingerprint density at radius 3 is 2.33 bits per heavy atom. The first-order chi connectivity index (χ1) is 10.1. The summed E-state index contributed by atoms with van der Waals surface area (Å²) in [6.45, 7) is 6.88. The van der Waals surface area contributed by atoms with Gasteiger partial charge in [0.2, 0.25) is 0 Å². The average molecular weight is 281 g/mol. The van der Waals surface area contributed by atoms with Crippen LogP contribution < -0.4 is 5.32 Å². The van der Waals surface area contributed by atoms with E-state index in [-0.39, 0.29) is 5.91 Å². The Morgan fingerprint density at radius 1 is 0.952 bits per heavy atom. The van der Waals surface area contributed by atoms with Crippen LogP contribution in [0.25, 0.3) is 0 Å². The van der Waals surface area contributed by atoms with Gasteiger partial charge in [-0.2, -0.15) is 0 Å². The van der Waals surface area contributed by atoms with E-state index in [9.17, 15) is 4.79 Å². The maximum atomic E-state index is 12.1. The van der Waals surface area contributed by atoms with Crippen molar-refractivity contribution in [2.75, 3.05) is 6.54 Å². The number of benzene rings is 2. The summed E-state index contributed by atoms with van der Waals surface area (Å²) in [5, 5.41) is 2.99. The standard InChI is InChI=1S/C19H23NO/c1-14-6-9-17(10-7-14)5-4-12-20-19(21)18-11-8-15(2)16(3)13-18/h6-11,13H,4-5,12H2,1-3H3,(H,20,21). The van der Waals surface area contributed by atoms with Gasteiger partial charge in [0.25, 0.3) is 5.91 Å². The van der Waals surface area contributed by atoms with Gasteiger partial charge in [-0.1, -0.05) is 35.9 Å². The second-order valence-corrected chi connectivity index (χ2v) is 5.64. The van der Waals surface area contributed by atoms with Crippen LogP contribution in [0.5, 0.6) is 0 Å². The molecule has 1 amide bonds. The van der Waals surface area contributed by atoms with E-state index in [2.05, 4.69) is 43.4 Å². The smallest absolute Gasteiger partial charge is 0.251 e. The largest absolute Gasteiger partial charge is 0.352 e. The van der Waals surface area contributed by atoms with Crippen molar-refractivity contribution in [2.45, 2.75) is 33.6 Å². The van der Waals surface area contributed by atoms with Crippen LogP contribution in [-0.4, -0.2) is 12.5 Å². The topological polar surface area (TPSA) is 29.1 Å². The van der Waals surface area contributed by atoms with Crippen molar-refractivity contribution < 1.29 is 4.79 Å². The first-order valence-corrected chi connectivity index (χ1v) is 7.47. The lowest BCUT2D eigenvalue weighted by Gasteiger charge is -2.07. The first-order valence-electron chi connectivity index (χ1n) is 7.47. The van der Waals surface area contributed by atoms with Crippen LogP contribution in [0.2, 0.25) is 0 Å². The van der Waals surface area contributed by atoms with Crippen molar-refractivity contribution >= 4 is 5.91 Å². The van der Waals surface area contributed by atoms with E-state index in [4.69, 9.17) is 0 Å². The van der Waals surface area contributed by atoms with E-state index in [1.54, 1.807) is 0 Å². The van der Waals surface area contributed by atoms with E-state index in [0.29, 0.717) is 6.54 Å². The van der Waals surface area contributed by atoms with Crippen molar-refractivity contribution in [1.82, 2.24) is 5.32 Å². The van der Waals surface area contributed by atoms with Gasteiger partial charge < -0.3 is 5.32 Å². The van der Waals surface area contributed by atoms with Crippen molar-refractivity contribution in [3.05, 3.63) is 70.3 Å². The Bertz CT molecular complexity index is 614. The number of hydrogen-bond donors (Lipinski definition) is 1. The highest BCUT2D eigenvalue weighted by molar-refractivity contribution is 5.94. The lowest BCUT2D eigenvalue weighted by molar-refractivity contribution is 0.0953. The molecular formula is C19H23NO. The molecule has 0 saturated heterocycles. The van der Waals surface area contributed by atoms with Gasteiger partial charge in [0, 0.05) is 12.1 Å². The van der Waals surface area contributed by atoms with Gasteiger partial charge in [0.1, 0.15) is 0 Å². The van der Waals surface area contributed by atoms with Crippen molar-refractivity contribution in [3.8, 4) is 0 Å². The molecule has 21 heavy (non-hydrogen) atoms. The monoisotopic (exact) mass is 281 g/mol. The minimum absolute atomic E-state index is 0.0157. The Morgan fingerprint density at radius 2 is 1.67 bits per heavy atom. The van der Waals surface area contributed by atoms with Gasteiger partial charge >= 0.3 is 0 Å². The average Bonchev–Trinajstić information content (AvgIpc) is 2.48. The molecule has 0 aliphatic rings. The summed E-state index contributed by atoms with van der Waals surface area (Å²) in [5.41, 5.74) is 5.71. The summed E-state index contributed by atoms with van der Waals surface area (Å²) >= 11 is 0. The summed E-state index contributed by atoms with van der Waals surface area (Å²) in [6.07, 6.45) is 1.95. The van der Waals surface area contributed by atoms with E-state index in [1.165, 1.54) is 16.7 Å². The molecule has 2 heteroatoms. The number of hydrogen-bond acceptors (Lipinski definition) is 1. The molecule has 2 aromatic rings. The highest BCUT2D eigenvalue weighted by Gasteiger charge is 2.05. The summed E-state index contributed by atoms with van der Waals surface area (Å²) in [4.78, 5) is 12.1. The molecule has 1 N–H and O–H groups in total. The Balaban J connectivity index is 1.79. The molecule has 0 aliphatic heterocycles. The van der Waals surface area contributed by atoms with E-state index in [1.807, 2.05) is 25.1 Å². The molecule has 0 atom stereocenters. The number of rotatable bonds is 5. The number of amides is 1. The number of carbonyl (C=O) groups is 1. The predicted octanol–water partition coefficient (Wildman–Crippen LogP) is 3.97. The molecule has 110 valence electrons. The molecule has 0 saturated carbocycles. The maximum absolute atomic E-state index is 12.1. The molecule has 0 fully saturated rings. The van der Waals surface area contributed by atoms with Crippen molar-refractivity contribution in [3.63, 3.8) is 0 Å². The van der Waals surface area contributed by atoms with Crippen LogP contribution in [0.1, 0.15) is 39.0 Å². The normalized spacial score (nSPS) is 10.4. The molecule has 0 aromatic heterocycles. The Labute approximate surface area is 127 Å². The maximum Gasteiger partial charge on any atom is 0.251 e. The molecule has 2 aromatic carbocycles. The fourth-order valence-electron chi connectivity index (χ4n) is 2.23. The highest BCUT2D eigenvalue weighted by Crippen LogP contribution is 2.10. The Hall–Kier alpha value is -2.09. The summed E-state index contributed by atoms with van der Waals surface area (Å²) < 4.78 is 0. The number of aryl methyl sites for hydroxylation is 4. The lowest BCUT2D eigenvalue weighted by Crippen LogP contribution is -2.24. The molecule has 0 heterocycles. The Kier molecular flexibility index (Phi) is 5.15. The van der Waals surface area contributed by atoms with Gasteiger partial charge in [-0.05, 0) is 62.4 Å². The quantitative estimate of drug-likeness (QED) is 0.825. The van der Waals surface area contributed by atoms with E-state index in [0.717, 1.165) is 24.0 Å². The van der Waals surface area contributed by atoms with Crippen molar-refractivity contribution in [1.29, 1.82) is 0 Å². The van der Waals surface area contributed by atoms with Crippen LogP contribution in [0.15, 0.2) is 42.5 Å². The predicted molar refractivity (Wildman–Crippen MR) is 87.7 cm³/mol. The molecule has 2 rings (SSSR count). The number of carbonyl (C=O) groups excluding carboxylic acids is 1. The zero-order chi connectivity index (χ0) is 15.2. The van der Waals surface area contributed by atoms with E-state index < -0.39 is 0 Å². The fraction of sp³-hybridized carbons (Fsp3) is 0.316. The molecular weight excluding hydrogens is 258 g/mol. The number of nitrogens with one attached hydrogen (secondary N) is 1. The van der Waals surface area contributed by atoms with Gasteiger partial charge in [-0.25, -0.2) is 0 Å². The summed E-state index contributed by atoms with van der Waals surface area (Å²) in [5.74, 6) is 0.0157.